The summed E-state index contributed by atoms with van der Waals surface area (Å²) in [6.45, 7) is 2.24. The van der Waals surface area contributed by atoms with E-state index in [1.54, 1.807) is 0 Å². The Bertz CT molecular complexity index is 617. The summed E-state index contributed by atoms with van der Waals surface area (Å²) in [7, 11) is 0. The van der Waals surface area contributed by atoms with E-state index in [-0.39, 0.29) is 6.04 Å². The molecule has 0 unspecified atom stereocenters. The van der Waals surface area contributed by atoms with Gasteiger partial charge < -0.3 is 10.3 Å². The van der Waals surface area contributed by atoms with Crippen molar-refractivity contribution in [3.63, 3.8) is 0 Å². The number of hydrogen-bond donors (Lipinski definition) is 2. The number of para-hydroxylation sites is 1. The molecule has 1 aromatic heterocycles. The molecule has 3 rings (SSSR count). The summed E-state index contributed by atoms with van der Waals surface area (Å²) < 4.78 is 0. The lowest BCUT2D eigenvalue weighted by Gasteiger charge is -2.25. The first-order chi connectivity index (χ1) is 10.3. The van der Waals surface area contributed by atoms with Crippen LogP contribution in [0.5, 0.6) is 0 Å². The molecule has 0 amide bonds. The fourth-order valence-electron chi connectivity index (χ4n) is 3.58. The Hall–Kier alpha value is -1.61. The Kier molecular flexibility index (Phi) is 4.39. The van der Waals surface area contributed by atoms with Gasteiger partial charge in [-0.2, -0.15) is 0 Å². The van der Waals surface area contributed by atoms with Crippen LogP contribution in [0, 0.1) is 0 Å². The highest BCUT2D eigenvalue weighted by Gasteiger charge is 2.32. The maximum absolute atomic E-state index is 11.3. The predicted octanol–water partition coefficient (Wildman–Crippen LogP) is 2.87. The zero-order chi connectivity index (χ0) is 14.7. The van der Waals surface area contributed by atoms with E-state index in [9.17, 15) is 4.79 Å². The van der Waals surface area contributed by atoms with Gasteiger partial charge in [-0.05, 0) is 18.1 Å². The van der Waals surface area contributed by atoms with Crippen molar-refractivity contribution >= 4 is 17.2 Å². The second kappa shape index (κ2) is 6.44. The monoisotopic (exact) mass is 285 g/mol. The Morgan fingerprint density at radius 1 is 1.29 bits per heavy atom. The molecule has 21 heavy (non-hydrogen) atoms. The van der Waals surface area contributed by atoms with Crippen molar-refractivity contribution in [3.8, 4) is 0 Å². The fourth-order valence-corrected chi connectivity index (χ4v) is 3.58. The van der Waals surface area contributed by atoms with Gasteiger partial charge in [-0.1, -0.05) is 44.4 Å². The Morgan fingerprint density at radius 3 is 2.95 bits per heavy atom. The molecular formula is C18H25N2O+. The van der Waals surface area contributed by atoms with E-state index in [1.165, 1.54) is 47.8 Å². The lowest BCUT2D eigenvalue weighted by molar-refractivity contribution is -0.719. The van der Waals surface area contributed by atoms with Crippen LogP contribution in [0.15, 0.2) is 24.3 Å². The molecule has 0 aliphatic carbocycles. The van der Waals surface area contributed by atoms with Crippen LogP contribution in [0.25, 0.3) is 10.9 Å². The van der Waals surface area contributed by atoms with Crippen LogP contribution in [0.2, 0.25) is 0 Å². The number of benzene rings is 1. The maximum atomic E-state index is 11.3. The quantitative estimate of drug-likeness (QED) is 0.622. The molecule has 3 nitrogen and oxygen atoms in total. The van der Waals surface area contributed by atoms with Crippen molar-refractivity contribution in [2.75, 3.05) is 0 Å². The van der Waals surface area contributed by atoms with Gasteiger partial charge in [-0.3, -0.25) is 4.79 Å². The highest BCUT2D eigenvalue weighted by molar-refractivity contribution is 5.85. The predicted molar refractivity (Wildman–Crippen MR) is 85.3 cm³/mol. The van der Waals surface area contributed by atoms with Crippen molar-refractivity contribution in [3.05, 3.63) is 35.5 Å². The van der Waals surface area contributed by atoms with E-state index in [4.69, 9.17) is 0 Å². The number of nitrogens with one attached hydrogen (secondary N) is 1. The summed E-state index contributed by atoms with van der Waals surface area (Å²) in [6.07, 6.45) is 8.24. The molecule has 0 spiro atoms. The SMILES string of the molecule is CCCCCC[C@@H]1[NH2+][C@@H](C=O)Cc2c1[nH]c1ccccc21. The standard InChI is InChI=1S/C18H24N2O/c1-2-3-4-5-10-17-18-15(11-13(12-21)19-17)14-8-6-7-9-16(14)20-18/h6-9,12-13,17,19-20H,2-5,10-11H2,1H3/p+1/t13-,17+/m1/s1. The van der Waals surface area contributed by atoms with E-state index in [1.807, 2.05) is 0 Å². The first kappa shape index (κ1) is 14.3. The zero-order valence-electron chi connectivity index (χ0n) is 12.8. The second-order valence-corrected chi connectivity index (χ2v) is 6.22. The lowest BCUT2D eigenvalue weighted by atomic mass is 9.92. The smallest absolute Gasteiger partial charge is 0.177 e. The van der Waals surface area contributed by atoms with E-state index in [0.717, 1.165) is 19.1 Å². The van der Waals surface area contributed by atoms with Crippen LogP contribution in [0.3, 0.4) is 0 Å². The third-order valence-corrected chi connectivity index (χ3v) is 4.68. The zero-order valence-corrected chi connectivity index (χ0v) is 12.8. The molecule has 3 heteroatoms. The second-order valence-electron chi connectivity index (χ2n) is 6.22. The van der Waals surface area contributed by atoms with Crippen LogP contribution in [0.4, 0.5) is 0 Å². The molecule has 0 saturated heterocycles. The van der Waals surface area contributed by atoms with Crippen LogP contribution < -0.4 is 5.32 Å². The van der Waals surface area contributed by atoms with Gasteiger partial charge in [0.2, 0.25) is 0 Å². The topological polar surface area (TPSA) is 49.5 Å². The van der Waals surface area contributed by atoms with E-state index >= 15 is 0 Å². The largest absolute Gasteiger partial charge is 0.353 e. The number of carbonyl (C=O) groups excluding carboxylic acids is 1. The van der Waals surface area contributed by atoms with Gasteiger partial charge in [0.25, 0.3) is 0 Å². The average molecular weight is 285 g/mol. The molecule has 1 aliphatic heterocycles. The Labute approximate surface area is 126 Å². The van der Waals surface area contributed by atoms with Crippen molar-refractivity contribution in [1.82, 2.24) is 4.98 Å². The Balaban J connectivity index is 1.86. The summed E-state index contributed by atoms with van der Waals surface area (Å²) in [5.41, 5.74) is 3.93. The number of aldehydes is 1. The number of carbonyl (C=O) groups is 1. The number of rotatable bonds is 6. The summed E-state index contributed by atoms with van der Waals surface area (Å²) in [5.74, 6) is 0. The number of aromatic amines is 1. The average Bonchev–Trinajstić information content (AvgIpc) is 2.90. The molecular weight excluding hydrogens is 260 g/mol. The van der Waals surface area contributed by atoms with Crippen molar-refractivity contribution in [1.29, 1.82) is 0 Å². The minimum absolute atomic E-state index is 0.0767. The van der Waals surface area contributed by atoms with Crippen LogP contribution in [-0.2, 0) is 11.2 Å². The maximum Gasteiger partial charge on any atom is 0.177 e. The first-order valence-electron chi connectivity index (χ1n) is 8.23. The summed E-state index contributed by atoms with van der Waals surface area (Å²) in [5, 5.41) is 3.56. The number of quaternary nitrogens is 1. The lowest BCUT2D eigenvalue weighted by Crippen LogP contribution is -2.93. The molecule has 1 aromatic carbocycles. The van der Waals surface area contributed by atoms with Crippen LogP contribution in [-0.4, -0.2) is 17.3 Å². The number of hydrogen-bond acceptors (Lipinski definition) is 1. The van der Waals surface area contributed by atoms with Crippen LogP contribution in [0.1, 0.15) is 56.3 Å². The third kappa shape index (κ3) is 2.88. The van der Waals surface area contributed by atoms with Gasteiger partial charge in [-0.15, -0.1) is 0 Å². The summed E-state index contributed by atoms with van der Waals surface area (Å²) in [4.78, 5) is 14.9. The van der Waals surface area contributed by atoms with Crippen molar-refractivity contribution in [2.45, 2.75) is 57.5 Å². The molecule has 2 heterocycles. The van der Waals surface area contributed by atoms with E-state index in [0.29, 0.717) is 6.04 Å². The number of aromatic nitrogens is 1. The minimum atomic E-state index is 0.0767. The third-order valence-electron chi connectivity index (χ3n) is 4.68. The van der Waals surface area contributed by atoms with Crippen molar-refractivity contribution < 1.29 is 10.1 Å². The molecule has 0 saturated carbocycles. The number of nitrogens with two attached hydrogens (primary N) is 1. The van der Waals surface area contributed by atoms with Gasteiger partial charge in [0, 0.05) is 23.7 Å². The van der Waals surface area contributed by atoms with Gasteiger partial charge in [0.15, 0.2) is 6.29 Å². The van der Waals surface area contributed by atoms with Gasteiger partial charge in [-0.25, -0.2) is 0 Å². The van der Waals surface area contributed by atoms with Gasteiger partial charge in [0.1, 0.15) is 12.1 Å². The number of fused-ring (bicyclic) bond motifs is 3. The van der Waals surface area contributed by atoms with E-state index < -0.39 is 0 Å². The summed E-state index contributed by atoms with van der Waals surface area (Å²) in [6, 6.07) is 8.95. The van der Waals surface area contributed by atoms with Crippen LogP contribution >= 0.6 is 0 Å². The van der Waals surface area contributed by atoms with Gasteiger partial charge >= 0.3 is 0 Å². The Morgan fingerprint density at radius 2 is 2.14 bits per heavy atom. The molecule has 2 aromatic rings. The number of unbranched alkanes of at least 4 members (excludes halogenated alkanes) is 3. The molecule has 2 atom stereocenters. The molecule has 0 fully saturated rings. The fraction of sp³-hybridized carbons (Fsp3) is 0.500. The number of H-pyrrole nitrogens is 1. The van der Waals surface area contributed by atoms with Gasteiger partial charge in [0.05, 0.1) is 5.69 Å². The highest BCUT2D eigenvalue weighted by Crippen LogP contribution is 2.30. The normalized spacial score (nSPS) is 21.4. The van der Waals surface area contributed by atoms with Crippen molar-refractivity contribution in [2.24, 2.45) is 0 Å². The molecule has 0 bridgehead atoms. The minimum Gasteiger partial charge on any atom is -0.353 e. The first-order valence-corrected chi connectivity index (χ1v) is 8.23. The summed E-state index contributed by atoms with van der Waals surface area (Å²) >= 11 is 0. The highest BCUT2D eigenvalue weighted by atomic mass is 16.1. The molecule has 1 aliphatic rings. The molecule has 3 N–H and O–H groups in total. The van der Waals surface area contributed by atoms with E-state index in [2.05, 4.69) is 41.5 Å². The molecule has 0 radical (unpaired) electrons. The molecule has 112 valence electrons.